The van der Waals surface area contributed by atoms with Crippen LogP contribution in [0.2, 0.25) is 5.02 Å². The molecule has 2 N–H and O–H groups in total. The molecule has 5 heteroatoms. The Hall–Kier alpha value is -0.810. The maximum absolute atomic E-state index is 6.43. The van der Waals surface area contributed by atoms with Gasteiger partial charge in [0.25, 0.3) is 0 Å². The van der Waals surface area contributed by atoms with Gasteiger partial charge in [-0.3, -0.25) is 0 Å². The molecule has 20 heavy (non-hydrogen) atoms. The van der Waals surface area contributed by atoms with E-state index >= 15 is 0 Å². The van der Waals surface area contributed by atoms with Gasteiger partial charge >= 0.3 is 0 Å². The molecule has 0 amide bonds. The lowest BCUT2D eigenvalue weighted by Crippen LogP contribution is -2.48. The lowest BCUT2D eigenvalue weighted by atomic mass is 9.91. The van der Waals surface area contributed by atoms with E-state index < -0.39 is 0 Å². The number of nitrogens with zero attached hydrogens (tertiary/aromatic N) is 2. The second kappa shape index (κ2) is 5.90. The van der Waals surface area contributed by atoms with Gasteiger partial charge in [0, 0.05) is 50.2 Å². The van der Waals surface area contributed by atoms with Crippen molar-refractivity contribution in [2.45, 2.75) is 6.04 Å². The fourth-order valence-corrected chi connectivity index (χ4v) is 3.25. The third-order valence-corrected chi connectivity index (χ3v) is 4.69. The van der Waals surface area contributed by atoms with E-state index in [1.165, 1.54) is 0 Å². The van der Waals surface area contributed by atoms with E-state index in [2.05, 4.69) is 16.8 Å². The third-order valence-electron chi connectivity index (χ3n) is 4.39. The van der Waals surface area contributed by atoms with E-state index in [4.69, 9.17) is 22.1 Å². The molecule has 2 aliphatic heterocycles. The molecular weight excluding hydrogens is 274 g/mol. The Morgan fingerprint density at radius 3 is 2.80 bits per heavy atom. The Labute approximate surface area is 125 Å². The van der Waals surface area contributed by atoms with E-state index in [1.54, 1.807) is 0 Å². The van der Waals surface area contributed by atoms with Gasteiger partial charge in [-0.1, -0.05) is 23.7 Å². The van der Waals surface area contributed by atoms with E-state index in [0.717, 1.165) is 44.0 Å². The van der Waals surface area contributed by atoms with Crippen molar-refractivity contribution in [2.75, 3.05) is 46.4 Å². The van der Waals surface area contributed by atoms with Crippen LogP contribution in [0.1, 0.15) is 11.6 Å². The predicted molar refractivity (Wildman–Crippen MR) is 81.3 cm³/mol. The molecule has 0 bridgehead atoms. The van der Waals surface area contributed by atoms with Crippen LogP contribution in [0.3, 0.4) is 0 Å². The van der Waals surface area contributed by atoms with Gasteiger partial charge in [-0.15, -0.1) is 0 Å². The first kappa shape index (κ1) is 14.1. The maximum atomic E-state index is 6.43. The second-order valence-electron chi connectivity index (χ2n) is 5.86. The van der Waals surface area contributed by atoms with Crippen LogP contribution in [-0.4, -0.2) is 56.2 Å². The summed E-state index contributed by atoms with van der Waals surface area (Å²) in [6.45, 7) is 6.14. The third kappa shape index (κ3) is 2.79. The number of halogens is 1. The molecule has 1 aromatic rings. The second-order valence-corrected chi connectivity index (χ2v) is 6.27. The van der Waals surface area contributed by atoms with Crippen molar-refractivity contribution in [3.05, 3.63) is 28.8 Å². The lowest BCUT2D eigenvalue weighted by molar-refractivity contribution is 0.0997. The summed E-state index contributed by atoms with van der Waals surface area (Å²) in [6.07, 6.45) is 0. The molecule has 1 aromatic carbocycles. The van der Waals surface area contributed by atoms with Gasteiger partial charge in [0.1, 0.15) is 5.75 Å². The van der Waals surface area contributed by atoms with Gasteiger partial charge in [-0.05, 0) is 13.1 Å². The number of rotatable bonds is 2. The molecule has 2 heterocycles. The molecule has 3 rings (SSSR count). The first-order valence-electron chi connectivity index (χ1n) is 7.23. The van der Waals surface area contributed by atoms with Crippen LogP contribution in [0.15, 0.2) is 18.2 Å². The summed E-state index contributed by atoms with van der Waals surface area (Å²) in [6, 6.07) is 5.84. The van der Waals surface area contributed by atoms with E-state index in [9.17, 15) is 0 Å². The number of likely N-dealkylation sites (N-methyl/N-ethyl adjacent to an activating group) is 1. The standard InChI is InChI=1S/C15H22ClN3O/c1-18-5-7-19(8-6-18)9-11-10-20-15-12(14(11)17)3-2-4-13(15)16/h2-4,11,14H,5-10,17H2,1H3. The zero-order valence-electron chi connectivity index (χ0n) is 11.9. The molecule has 4 nitrogen and oxygen atoms in total. The molecular formula is C15H22ClN3O. The number of hydrogen-bond donors (Lipinski definition) is 1. The van der Waals surface area contributed by atoms with Gasteiger partial charge in [0.2, 0.25) is 0 Å². The molecule has 0 saturated carbocycles. The summed E-state index contributed by atoms with van der Waals surface area (Å²) in [5.74, 6) is 1.11. The van der Waals surface area contributed by atoms with Crippen LogP contribution in [0, 0.1) is 5.92 Å². The minimum absolute atomic E-state index is 0.0112. The molecule has 0 aliphatic carbocycles. The van der Waals surface area contributed by atoms with Gasteiger partial charge in [-0.25, -0.2) is 0 Å². The van der Waals surface area contributed by atoms with Crippen LogP contribution in [0.4, 0.5) is 0 Å². The summed E-state index contributed by atoms with van der Waals surface area (Å²) < 4.78 is 5.85. The molecule has 0 radical (unpaired) electrons. The average molecular weight is 296 g/mol. The number of fused-ring (bicyclic) bond motifs is 1. The molecule has 2 unspecified atom stereocenters. The number of piperazine rings is 1. The average Bonchev–Trinajstić information content (AvgIpc) is 2.45. The number of nitrogens with two attached hydrogens (primary N) is 1. The topological polar surface area (TPSA) is 41.7 Å². The summed E-state index contributed by atoms with van der Waals surface area (Å²) in [5.41, 5.74) is 7.47. The monoisotopic (exact) mass is 295 g/mol. The summed E-state index contributed by atoms with van der Waals surface area (Å²) in [4.78, 5) is 4.85. The number of para-hydroxylation sites is 1. The highest BCUT2D eigenvalue weighted by molar-refractivity contribution is 6.32. The summed E-state index contributed by atoms with van der Waals surface area (Å²) in [7, 11) is 2.17. The van der Waals surface area contributed by atoms with Crippen molar-refractivity contribution in [1.29, 1.82) is 0 Å². The molecule has 1 fully saturated rings. The Morgan fingerprint density at radius 2 is 2.05 bits per heavy atom. The lowest BCUT2D eigenvalue weighted by Gasteiger charge is -2.38. The van der Waals surface area contributed by atoms with Crippen molar-refractivity contribution >= 4 is 11.6 Å². The number of ether oxygens (including phenoxy) is 1. The Balaban J connectivity index is 1.68. The Bertz CT molecular complexity index is 474. The molecule has 2 atom stereocenters. The first-order valence-corrected chi connectivity index (χ1v) is 7.60. The molecule has 0 spiro atoms. The van der Waals surface area contributed by atoms with Crippen LogP contribution in [-0.2, 0) is 0 Å². The zero-order chi connectivity index (χ0) is 14.1. The summed E-state index contributed by atoms with van der Waals surface area (Å²) >= 11 is 6.17. The largest absolute Gasteiger partial charge is 0.491 e. The van der Waals surface area contributed by atoms with Crippen molar-refractivity contribution in [1.82, 2.24) is 9.80 Å². The fourth-order valence-electron chi connectivity index (χ4n) is 3.02. The van der Waals surface area contributed by atoms with E-state index in [-0.39, 0.29) is 6.04 Å². The first-order chi connectivity index (χ1) is 9.65. The van der Waals surface area contributed by atoms with Crippen molar-refractivity contribution in [3.8, 4) is 5.75 Å². The number of hydrogen-bond acceptors (Lipinski definition) is 4. The van der Waals surface area contributed by atoms with Crippen LogP contribution >= 0.6 is 11.6 Å². The fraction of sp³-hybridized carbons (Fsp3) is 0.600. The van der Waals surface area contributed by atoms with Gasteiger partial charge < -0.3 is 20.3 Å². The zero-order valence-corrected chi connectivity index (χ0v) is 12.6. The van der Waals surface area contributed by atoms with Gasteiger partial charge in [0.15, 0.2) is 0 Å². The Kier molecular flexibility index (Phi) is 4.17. The highest BCUT2D eigenvalue weighted by atomic mass is 35.5. The predicted octanol–water partition coefficient (Wildman–Crippen LogP) is 1.60. The number of benzene rings is 1. The Morgan fingerprint density at radius 1 is 1.30 bits per heavy atom. The van der Waals surface area contributed by atoms with Crippen LogP contribution in [0.5, 0.6) is 5.75 Å². The maximum Gasteiger partial charge on any atom is 0.142 e. The van der Waals surface area contributed by atoms with Crippen LogP contribution < -0.4 is 10.5 Å². The normalized spacial score (nSPS) is 27.9. The quantitative estimate of drug-likeness (QED) is 0.900. The minimum atomic E-state index is 0.0112. The SMILES string of the molecule is CN1CCN(CC2COc3c(Cl)cccc3C2N)CC1. The van der Waals surface area contributed by atoms with Crippen molar-refractivity contribution < 1.29 is 4.74 Å². The molecule has 110 valence electrons. The molecule has 0 aromatic heterocycles. The minimum Gasteiger partial charge on any atom is -0.491 e. The van der Waals surface area contributed by atoms with Crippen molar-refractivity contribution in [3.63, 3.8) is 0 Å². The summed E-state index contributed by atoms with van der Waals surface area (Å²) in [5, 5.41) is 0.663. The van der Waals surface area contributed by atoms with Gasteiger partial charge in [0.05, 0.1) is 11.6 Å². The van der Waals surface area contributed by atoms with Gasteiger partial charge in [-0.2, -0.15) is 0 Å². The highest BCUT2D eigenvalue weighted by Gasteiger charge is 2.31. The molecule has 2 aliphatic rings. The highest BCUT2D eigenvalue weighted by Crippen LogP contribution is 2.38. The molecule has 1 saturated heterocycles. The smallest absolute Gasteiger partial charge is 0.142 e. The van der Waals surface area contributed by atoms with Crippen LogP contribution in [0.25, 0.3) is 0 Å². The van der Waals surface area contributed by atoms with Crippen molar-refractivity contribution in [2.24, 2.45) is 11.7 Å². The van der Waals surface area contributed by atoms with E-state index in [1.807, 2.05) is 18.2 Å². The van der Waals surface area contributed by atoms with E-state index in [0.29, 0.717) is 17.5 Å².